The van der Waals surface area contributed by atoms with Crippen molar-refractivity contribution in [1.82, 2.24) is 4.90 Å². The molecule has 0 spiro atoms. The summed E-state index contributed by atoms with van der Waals surface area (Å²) in [6.07, 6.45) is 2.58. The van der Waals surface area contributed by atoms with Crippen LogP contribution in [0.1, 0.15) is 17.7 Å². The van der Waals surface area contributed by atoms with Crippen LogP contribution in [0.3, 0.4) is 0 Å². The van der Waals surface area contributed by atoms with Crippen LogP contribution in [0.5, 0.6) is 0 Å². The molecule has 5 heteroatoms. The Morgan fingerprint density at radius 2 is 2.31 bits per heavy atom. The molecule has 1 aromatic heterocycles. The van der Waals surface area contributed by atoms with Gasteiger partial charge in [-0.15, -0.1) is 11.3 Å². The third-order valence-corrected chi connectivity index (χ3v) is 6.25. The number of piperidine rings is 1. The second kappa shape index (κ2) is 5.96. The lowest BCUT2D eigenvalue weighted by molar-refractivity contribution is 0.172. The Morgan fingerprint density at radius 1 is 1.50 bits per heavy atom. The average Bonchev–Trinajstić information content (AvgIpc) is 2.58. The van der Waals surface area contributed by atoms with Gasteiger partial charge in [0.25, 0.3) is 0 Å². The van der Waals surface area contributed by atoms with Crippen LogP contribution < -0.4 is 5.73 Å². The molecule has 1 aliphatic rings. The average molecular weight is 368 g/mol. The van der Waals surface area contributed by atoms with Crippen LogP contribution in [0.2, 0.25) is 0 Å². The van der Waals surface area contributed by atoms with Crippen molar-refractivity contribution in [2.45, 2.75) is 19.4 Å². The van der Waals surface area contributed by atoms with Gasteiger partial charge in [0.15, 0.2) is 0 Å². The SMILES string of the molecule is NCC1CCCN(Cc2cc(Br)c(Br)s2)C1. The number of halogens is 2. The van der Waals surface area contributed by atoms with Gasteiger partial charge in [0.05, 0.1) is 3.79 Å². The van der Waals surface area contributed by atoms with E-state index in [1.54, 1.807) is 0 Å². The fourth-order valence-electron chi connectivity index (χ4n) is 2.18. The van der Waals surface area contributed by atoms with E-state index in [2.05, 4.69) is 42.8 Å². The zero-order valence-corrected chi connectivity index (χ0v) is 13.1. The highest BCUT2D eigenvalue weighted by Crippen LogP contribution is 2.33. The third-order valence-electron chi connectivity index (χ3n) is 3.01. The van der Waals surface area contributed by atoms with Gasteiger partial charge in [0.1, 0.15) is 0 Å². The number of thiophene rings is 1. The summed E-state index contributed by atoms with van der Waals surface area (Å²) in [6, 6.07) is 2.21. The molecular weight excluding hydrogens is 352 g/mol. The topological polar surface area (TPSA) is 29.3 Å². The third kappa shape index (κ3) is 3.29. The summed E-state index contributed by atoms with van der Waals surface area (Å²) in [5.74, 6) is 0.695. The molecule has 1 fully saturated rings. The van der Waals surface area contributed by atoms with Gasteiger partial charge in [-0.25, -0.2) is 0 Å². The standard InChI is InChI=1S/C11H16Br2N2S/c12-10-4-9(16-11(10)13)7-15-3-1-2-8(5-14)6-15/h4,8H,1-3,5-7,14H2. The van der Waals surface area contributed by atoms with Crippen LogP contribution >= 0.6 is 43.2 Å². The molecule has 2 heterocycles. The van der Waals surface area contributed by atoms with Gasteiger partial charge in [-0.1, -0.05) is 0 Å². The van der Waals surface area contributed by atoms with Crippen LogP contribution in [-0.2, 0) is 6.54 Å². The zero-order chi connectivity index (χ0) is 11.5. The lowest BCUT2D eigenvalue weighted by atomic mass is 9.98. The molecule has 1 saturated heterocycles. The van der Waals surface area contributed by atoms with E-state index in [1.165, 1.54) is 32.5 Å². The van der Waals surface area contributed by atoms with E-state index in [0.29, 0.717) is 5.92 Å². The lowest BCUT2D eigenvalue weighted by Crippen LogP contribution is -2.37. The van der Waals surface area contributed by atoms with Gasteiger partial charge in [-0.2, -0.15) is 0 Å². The molecule has 16 heavy (non-hydrogen) atoms. The molecule has 1 atom stereocenters. The molecule has 2 N–H and O–H groups in total. The van der Waals surface area contributed by atoms with Crippen LogP contribution in [0.4, 0.5) is 0 Å². The molecule has 0 aliphatic carbocycles. The molecule has 1 aromatic rings. The summed E-state index contributed by atoms with van der Waals surface area (Å²) < 4.78 is 2.36. The summed E-state index contributed by atoms with van der Waals surface area (Å²) >= 11 is 8.88. The normalized spacial score (nSPS) is 22.6. The quantitative estimate of drug-likeness (QED) is 0.886. The van der Waals surface area contributed by atoms with E-state index >= 15 is 0 Å². The first kappa shape index (κ1) is 13.0. The number of likely N-dealkylation sites (tertiary alicyclic amines) is 1. The minimum absolute atomic E-state index is 0.695. The smallest absolute Gasteiger partial charge is 0.0843 e. The number of nitrogens with two attached hydrogens (primary N) is 1. The zero-order valence-electron chi connectivity index (χ0n) is 9.09. The Balaban J connectivity index is 1.93. The number of rotatable bonds is 3. The maximum absolute atomic E-state index is 5.75. The van der Waals surface area contributed by atoms with Gasteiger partial charge < -0.3 is 5.73 Å². The Morgan fingerprint density at radius 3 is 2.94 bits per heavy atom. The Kier molecular flexibility index (Phi) is 4.85. The first-order valence-corrected chi connectivity index (χ1v) is 7.95. The minimum Gasteiger partial charge on any atom is -0.330 e. The van der Waals surface area contributed by atoms with Crippen molar-refractivity contribution in [1.29, 1.82) is 0 Å². The van der Waals surface area contributed by atoms with Gasteiger partial charge in [0, 0.05) is 22.4 Å². The van der Waals surface area contributed by atoms with Crippen LogP contribution in [0.25, 0.3) is 0 Å². The Hall–Kier alpha value is 0.580. The Labute approximate surface area is 117 Å². The molecule has 0 bridgehead atoms. The van der Waals surface area contributed by atoms with Crippen molar-refractivity contribution in [2.24, 2.45) is 11.7 Å². The van der Waals surface area contributed by atoms with E-state index in [1.807, 2.05) is 11.3 Å². The molecule has 1 unspecified atom stereocenters. The molecule has 90 valence electrons. The van der Waals surface area contributed by atoms with Crippen molar-refractivity contribution in [2.75, 3.05) is 19.6 Å². The second-order valence-corrected chi connectivity index (χ2v) is 7.62. The fourth-order valence-corrected chi connectivity index (χ4v) is 4.40. The van der Waals surface area contributed by atoms with E-state index in [9.17, 15) is 0 Å². The summed E-state index contributed by atoms with van der Waals surface area (Å²) in [7, 11) is 0. The van der Waals surface area contributed by atoms with E-state index in [4.69, 9.17) is 5.73 Å². The molecule has 2 nitrogen and oxygen atoms in total. The van der Waals surface area contributed by atoms with Crippen molar-refractivity contribution in [3.05, 3.63) is 19.2 Å². The van der Waals surface area contributed by atoms with Gasteiger partial charge >= 0.3 is 0 Å². The molecule has 0 aromatic carbocycles. The van der Waals surface area contributed by atoms with Crippen LogP contribution in [0.15, 0.2) is 14.3 Å². The maximum atomic E-state index is 5.75. The molecular formula is C11H16Br2N2S. The lowest BCUT2D eigenvalue weighted by Gasteiger charge is -2.31. The second-order valence-electron chi connectivity index (χ2n) is 4.31. The number of hydrogen-bond acceptors (Lipinski definition) is 3. The first-order valence-electron chi connectivity index (χ1n) is 5.55. The van der Waals surface area contributed by atoms with Crippen LogP contribution in [-0.4, -0.2) is 24.5 Å². The molecule has 2 rings (SSSR count). The number of hydrogen-bond donors (Lipinski definition) is 1. The summed E-state index contributed by atoms with van der Waals surface area (Å²) in [5.41, 5.74) is 5.75. The monoisotopic (exact) mass is 366 g/mol. The highest BCUT2D eigenvalue weighted by Gasteiger charge is 2.19. The van der Waals surface area contributed by atoms with Crippen LogP contribution in [0, 0.1) is 5.92 Å². The van der Waals surface area contributed by atoms with Gasteiger partial charge in [-0.05, 0) is 69.8 Å². The van der Waals surface area contributed by atoms with Gasteiger partial charge in [-0.3, -0.25) is 4.90 Å². The molecule has 0 saturated carbocycles. The largest absolute Gasteiger partial charge is 0.330 e. The van der Waals surface area contributed by atoms with Crippen molar-refractivity contribution in [3.63, 3.8) is 0 Å². The maximum Gasteiger partial charge on any atom is 0.0843 e. The predicted octanol–water partition coefficient (Wildman–Crippen LogP) is 3.44. The summed E-state index contributed by atoms with van der Waals surface area (Å²) in [5, 5.41) is 0. The van der Waals surface area contributed by atoms with Crippen molar-refractivity contribution in [3.8, 4) is 0 Å². The van der Waals surface area contributed by atoms with E-state index in [0.717, 1.165) is 19.6 Å². The summed E-state index contributed by atoms with van der Waals surface area (Å²) in [4.78, 5) is 3.93. The highest BCUT2D eigenvalue weighted by molar-refractivity contribution is 9.13. The summed E-state index contributed by atoms with van der Waals surface area (Å²) in [6.45, 7) is 4.26. The molecule has 1 aliphatic heterocycles. The van der Waals surface area contributed by atoms with Crippen molar-refractivity contribution < 1.29 is 0 Å². The first-order chi connectivity index (χ1) is 7.69. The predicted molar refractivity (Wildman–Crippen MR) is 76.8 cm³/mol. The minimum atomic E-state index is 0.695. The Bertz CT molecular complexity index is 334. The molecule has 0 radical (unpaired) electrons. The van der Waals surface area contributed by atoms with Crippen molar-refractivity contribution >= 4 is 43.2 Å². The van der Waals surface area contributed by atoms with E-state index in [-0.39, 0.29) is 0 Å². The molecule has 0 amide bonds. The fraction of sp³-hybridized carbons (Fsp3) is 0.636. The van der Waals surface area contributed by atoms with E-state index < -0.39 is 0 Å². The van der Waals surface area contributed by atoms with Gasteiger partial charge in [0.2, 0.25) is 0 Å². The number of nitrogens with zero attached hydrogens (tertiary/aromatic N) is 1. The highest BCUT2D eigenvalue weighted by atomic mass is 79.9.